The zero-order chi connectivity index (χ0) is 12.3. The Morgan fingerprint density at radius 3 is 3.00 bits per heavy atom. The van der Waals surface area contributed by atoms with Crippen LogP contribution in [0.1, 0.15) is 15.4 Å². The largest absolute Gasteiger partial charge is 0.481 e. The number of nitrogens with zero attached hydrogens (tertiary/aromatic N) is 1. The minimum absolute atomic E-state index is 0.0349. The summed E-state index contributed by atoms with van der Waals surface area (Å²) in [6.07, 6.45) is 2.34. The van der Waals surface area contributed by atoms with Crippen LogP contribution in [0.5, 0.6) is 0 Å². The molecular weight excluding hydrogens is 258 g/mol. The molecule has 5 heteroatoms. The van der Waals surface area contributed by atoms with Crippen LogP contribution in [0, 0.1) is 0 Å². The van der Waals surface area contributed by atoms with Crippen LogP contribution in [0.2, 0.25) is 5.02 Å². The molecule has 0 aliphatic carbocycles. The highest BCUT2D eigenvalue weighted by molar-refractivity contribution is 7.11. The minimum Gasteiger partial charge on any atom is -0.481 e. The van der Waals surface area contributed by atoms with Crippen molar-refractivity contribution in [2.75, 3.05) is 0 Å². The van der Waals surface area contributed by atoms with E-state index in [4.69, 9.17) is 16.7 Å². The number of benzene rings is 1. The van der Waals surface area contributed by atoms with E-state index in [-0.39, 0.29) is 6.42 Å². The first-order valence-corrected chi connectivity index (χ1v) is 6.23. The van der Waals surface area contributed by atoms with Crippen molar-refractivity contribution in [3.63, 3.8) is 0 Å². The summed E-state index contributed by atoms with van der Waals surface area (Å²) in [6, 6.07) is 7.58. The zero-order valence-electron chi connectivity index (χ0n) is 8.89. The van der Waals surface area contributed by atoms with Gasteiger partial charge in [0.15, 0.2) is 0 Å². The van der Waals surface area contributed by atoms with Crippen LogP contribution in [-0.4, -0.2) is 16.1 Å². The lowest BCUT2D eigenvalue weighted by Gasteiger charge is -1.98. The van der Waals surface area contributed by atoms with Gasteiger partial charge in [-0.05, 0) is 17.7 Å². The quantitative estimate of drug-likeness (QED) is 0.926. The normalized spacial score (nSPS) is 10.4. The summed E-state index contributed by atoms with van der Waals surface area (Å²) in [5.41, 5.74) is 1.08. The molecule has 1 aromatic heterocycles. The number of carboxylic acids is 1. The van der Waals surface area contributed by atoms with Crippen molar-refractivity contribution in [1.82, 2.24) is 4.98 Å². The Kier molecular flexibility index (Phi) is 3.76. The van der Waals surface area contributed by atoms with Crippen molar-refractivity contribution in [3.05, 3.63) is 50.9 Å². The highest BCUT2D eigenvalue weighted by atomic mass is 35.5. The van der Waals surface area contributed by atoms with Crippen molar-refractivity contribution in [2.24, 2.45) is 0 Å². The number of aromatic nitrogens is 1. The SMILES string of the molecule is O=C(O)Cc1cnc(Cc2cccc(Cl)c2)s1. The molecule has 0 saturated heterocycles. The Hall–Kier alpha value is -1.39. The number of hydrogen-bond acceptors (Lipinski definition) is 3. The van der Waals surface area contributed by atoms with E-state index in [1.54, 1.807) is 6.20 Å². The van der Waals surface area contributed by atoms with Crippen LogP contribution in [0.25, 0.3) is 0 Å². The maximum absolute atomic E-state index is 10.5. The number of hydrogen-bond donors (Lipinski definition) is 1. The molecule has 2 rings (SSSR count). The molecule has 0 unspecified atom stereocenters. The van der Waals surface area contributed by atoms with E-state index in [0.717, 1.165) is 15.4 Å². The van der Waals surface area contributed by atoms with E-state index >= 15 is 0 Å². The summed E-state index contributed by atoms with van der Waals surface area (Å²) in [5.74, 6) is -0.831. The molecule has 0 radical (unpaired) electrons. The fraction of sp³-hybridized carbons (Fsp3) is 0.167. The maximum atomic E-state index is 10.5. The van der Waals surface area contributed by atoms with E-state index < -0.39 is 5.97 Å². The van der Waals surface area contributed by atoms with Gasteiger partial charge in [-0.2, -0.15) is 0 Å². The Balaban J connectivity index is 2.08. The van der Waals surface area contributed by atoms with Gasteiger partial charge in [0.05, 0.1) is 11.4 Å². The van der Waals surface area contributed by atoms with Gasteiger partial charge in [-0.25, -0.2) is 4.98 Å². The van der Waals surface area contributed by atoms with Gasteiger partial charge in [0, 0.05) is 22.5 Å². The van der Waals surface area contributed by atoms with Gasteiger partial charge in [-0.3, -0.25) is 4.79 Å². The maximum Gasteiger partial charge on any atom is 0.308 e. The smallest absolute Gasteiger partial charge is 0.308 e. The molecule has 0 aliphatic rings. The lowest BCUT2D eigenvalue weighted by atomic mass is 10.2. The van der Waals surface area contributed by atoms with Crippen molar-refractivity contribution < 1.29 is 9.90 Å². The molecule has 3 nitrogen and oxygen atoms in total. The summed E-state index contributed by atoms with van der Waals surface area (Å²) in [6.45, 7) is 0. The van der Waals surface area contributed by atoms with E-state index in [1.165, 1.54) is 11.3 Å². The molecule has 0 spiro atoms. The predicted molar refractivity (Wildman–Crippen MR) is 67.7 cm³/mol. The van der Waals surface area contributed by atoms with Gasteiger partial charge >= 0.3 is 5.97 Å². The standard InChI is InChI=1S/C12H10ClNO2S/c13-9-3-1-2-8(4-9)5-11-14-7-10(17-11)6-12(15)16/h1-4,7H,5-6H2,(H,15,16). The molecule has 17 heavy (non-hydrogen) atoms. The van der Waals surface area contributed by atoms with Crippen LogP contribution in [-0.2, 0) is 17.6 Å². The van der Waals surface area contributed by atoms with E-state index in [9.17, 15) is 4.79 Å². The lowest BCUT2D eigenvalue weighted by Crippen LogP contribution is -1.97. The monoisotopic (exact) mass is 267 g/mol. The predicted octanol–water partition coefficient (Wildman–Crippen LogP) is 3.01. The van der Waals surface area contributed by atoms with Crippen molar-refractivity contribution >= 4 is 28.9 Å². The lowest BCUT2D eigenvalue weighted by molar-refractivity contribution is -0.136. The van der Waals surface area contributed by atoms with Crippen LogP contribution in [0.4, 0.5) is 0 Å². The highest BCUT2D eigenvalue weighted by Gasteiger charge is 2.06. The fourth-order valence-electron chi connectivity index (χ4n) is 1.48. The number of carbonyl (C=O) groups is 1. The third-order valence-electron chi connectivity index (χ3n) is 2.17. The summed E-state index contributed by atoms with van der Waals surface area (Å²) in [5, 5.41) is 10.3. The number of thiazole rings is 1. The molecule has 0 saturated carbocycles. The molecule has 1 N–H and O–H groups in total. The third kappa shape index (κ3) is 3.54. The van der Waals surface area contributed by atoms with Crippen LogP contribution >= 0.6 is 22.9 Å². The van der Waals surface area contributed by atoms with E-state index in [1.807, 2.05) is 24.3 Å². The molecule has 0 atom stereocenters. The first-order chi connectivity index (χ1) is 8.13. The summed E-state index contributed by atoms with van der Waals surface area (Å²) in [4.78, 5) is 15.5. The van der Waals surface area contributed by atoms with E-state index in [0.29, 0.717) is 11.4 Å². The summed E-state index contributed by atoms with van der Waals surface area (Å²) < 4.78 is 0. The second kappa shape index (κ2) is 5.29. The second-order valence-corrected chi connectivity index (χ2v) is 5.23. The second-order valence-electron chi connectivity index (χ2n) is 3.60. The van der Waals surface area contributed by atoms with Gasteiger partial charge in [0.25, 0.3) is 0 Å². The van der Waals surface area contributed by atoms with E-state index in [2.05, 4.69) is 4.98 Å². The Labute approximate surface area is 108 Å². The van der Waals surface area contributed by atoms with Crippen LogP contribution in [0.3, 0.4) is 0 Å². The Morgan fingerprint density at radius 1 is 1.47 bits per heavy atom. The molecule has 0 amide bonds. The van der Waals surface area contributed by atoms with Crippen LogP contribution in [0.15, 0.2) is 30.5 Å². The first-order valence-electron chi connectivity index (χ1n) is 5.03. The summed E-state index contributed by atoms with van der Waals surface area (Å²) in [7, 11) is 0. The van der Waals surface area contributed by atoms with Crippen molar-refractivity contribution in [3.8, 4) is 0 Å². The topological polar surface area (TPSA) is 50.2 Å². The first kappa shape index (κ1) is 12.1. The van der Waals surface area contributed by atoms with Crippen molar-refractivity contribution in [1.29, 1.82) is 0 Å². The Morgan fingerprint density at radius 2 is 2.29 bits per heavy atom. The molecule has 0 aliphatic heterocycles. The van der Waals surface area contributed by atoms with Crippen LogP contribution < -0.4 is 0 Å². The average Bonchev–Trinajstić information content (AvgIpc) is 2.64. The molecule has 1 heterocycles. The van der Waals surface area contributed by atoms with Crippen molar-refractivity contribution in [2.45, 2.75) is 12.8 Å². The Bertz CT molecular complexity index is 539. The average molecular weight is 268 g/mol. The molecule has 2 aromatic rings. The molecule has 0 bridgehead atoms. The molecule has 88 valence electrons. The number of halogens is 1. The zero-order valence-corrected chi connectivity index (χ0v) is 10.5. The number of rotatable bonds is 4. The van der Waals surface area contributed by atoms with Gasteiger partial charge in [0.1, 0.15) is 0 Å². The molecule has 1 aromatic carbocycles. The molecular formula is C12H10ClNO2S. The number of aliphatic carboxylic acids is 1. The van der Waals surface area contributed by atoms with Gasteiger partial charge in [-0.15, -0.1) is 11.3 Å². The fourth-order valence-corrected chi connectivity index (χ4v) is 2.64. The van der Waals surface area contributed by atoms with Gasteiger partial charge < -0.3 is 5.11 Å². The molecule has 0 fully saturated rings. The van der Waals surface area contributed by atoms with Gasteiger partial charge in [-0.1, -0.05) is 23.7 Å². The summed E-state index contributed by atoms with van der Waals surface area (Å²) >= 11 is 7.32. The minimum atomic E-state index is -0.831. The highest BCUT2D eigenvalue weighted by Crippen LogP contribution is 2.19. The third-order valence-corrected chi connectivity index (χ3v) is 3.40. The number of carboxylic acid groups (broad SMARTS) is 1. The van der Waals surface area contributed by atoms with Gasteiger partial charge in [0.2, 0.25) is 0 Å².